The van der Waals surface area contributed by atoms with Gasteiger partial charge in [0.25, 0.3) is 0 Å². The van der Waals surface area contributed by atoms with Crippen LogP contribution in [0.4, 0.5) is 10.5 Å². The van der Waals surface area contributed by atoms with Crippen LogP contribution >= 0.6 is 0 Å². The predicted octanol–water partition coefficient (Wildman–Crippen LogP) is 4.51. The topological polar surface area (TPSA) is 79.8 Å². The zero-order valence-electron chi connectivity index (χ0n) is 14.8. The average molecular weight is 364 g/mol. The molecule has 0 heterocycles. The zero-order valence-corrected chi connectivity index (χ0v) is 14.8. The number of benzene rings is 3. The molecule has 6 nitrogen and oxygen atoms in total. The van der Waals surface area contributed by atoms with Gasteiger partial charge in [0, 0.05) is 23.9 Å². The molecule has 0 unspecified atom stereocenters. The third-order valence-corrected chi connectivity index (χ3v) is 3.81. The Balaban J connectivity index is 1.59. The van der Waals surface area contributed by atoms with Crippen molar-refractivity contribution in [1.82, 2.24) is 5.32 Å². The Hall–Kier alpha value is -3.67. The summed E-state index contributed by atoms with van der Waals surface area (Å²) in [5, 5.41) is 15.5. The minimum atomic E-state index is -0.394. The summed E-state index contributed by atoms with van der Waals surface area (Å²) in [7, 11) is 1.48. The van der Waals surface area contributed by atoms with Crippen molar-refractivity contribution in [3.8, 4) is 23.0 Å². The largest absolute Gasteiger partial charge is 0.504 e. The van der Waals surface area contributed by atoms with Crippen LogP contribution in [0.3, 0.4) is 0 Å². The fourth-order valence-electron chi connectivity index (χ4n) is 2.49. The van der Waals surface area contributed by atoms with Gasteiger partial charge in [-0.15, -0.1) is 0 Å². The number of anilines is 1. The molecular formula is C21H20N2O4. The summed E-state index contributed by atoms with van der Waals surface area (Å²) >= 11 is 0. The second-order valence-corrected chi connectivity index (χ2v) is 5.72. The third kappa shape index (κ3) is 4.92. The molecule has 0 saturated carbocycles. The number of phenols is 1. The van der Waals surface area contributed by atoms with Gasteiger partial charge >= 0.3 is 6.03 Å². The quantitative estimate of drug-likeness (QED) is 0.601. The first-order valence-electron chi connectivity index (χ1n) is 8.38. The Morgan fingerprint density at radius 2 is 1.70 bits per heavy atom. The van der Waals surface area contributed by atoms with Gasteiger partial charge in [0.2, 0.25) is 0 Å². The van der Waals surface area contributed by atoms with E-state index in [-0.39, 0.29) is 12.3 Å². The van der Waals surface area contributed by atoms with Gasteiger partial charge in [0.1, 0.15) is 11.5 Å². The summed E-state index contributed by atoms with van der Waals surface area (Å²) < 4.78 is 10.8. The van der Waals surface area contributed by atoms with E-state index in [1.54, 1.807) is 36.4 Å². The van der Waals surface area contributed by atoms with E-state index in [0.29, 0.717) is 28.5 Å². The molecule has 0 atom stereocenters. The summed E-state index contributed by atoms with van der Waals surface area (Å²) in [6.07, 6.45) is 0. The second-order valence-electron chi connectivity index (χ2n) is 5.72. The molecule has 0 aliphatic rings. The van der Waals surface area contributed by atoms with E-state index < -0.39 is 6.03 Å². The van der Waals surface area contributed by atoms with Crippen molar-refractivity contribution in [3.63, 3.8) is 0 Å². The van der Waals surface area contributed by atoms with Crippen molar-refractivity contribution in [2.45, 2.75) is 6.54 Å². The number of urea groups is 1. The molecular weight excluding hydrogens is 344 g/mol. The van der Waals surface area contributed by atoms with Gasteiger partial charge < -0.3 is 25.2 Å². The number of phenolic OH excluding ortho intramolecular Hbond substituents is 1. The molecule has 0 aliphatic heterocycles. The predicted molar refractivity (Wildman–Crippen MR) is 103 cm³/mol. The van der Waals surface area contributed by atoms with E-state index in [1.165, 1.54) is 7.11 Å². The number of carbonyl (C=O) groups is 1. The first-order chi connectivity index (χ1) is 13.2. The lowest BCUT2D eigenvalue weighted by Gasteiger charge is -2.11. The zero-order chi connectivity index (χ0) is 19.1. The normalized spacial score (nSPS) is 10.1. The molecule has 3 aromatic carbocycles. The number of hydrogen-bond acceptors (Lipinski definition) is 4. The smallest absolute Gasteiger partial charge is 0.319 e. The number of nitrogens with one attached hydrogen (secondary N) is 2. The monoisotopic (exact) mass is 364 g/mol. The SMILES string of the molecule is COc1cccc(CNC(=O)Nc2cccc(Oc3ccccc3)c2)c1O. The van der Waals surface area contributed by atoms with E-state index in [2.05, 4.69) is 10.6 Å². The Labute approximate surface area is 157 Å². The van der Waals surface area contributed by atoms with E-state index in [0.717, 1.165) is 0 Å². The van der Waals surface area contributed by atoms with E-state index >= 15 is 0 Å². The summed E-state index contributed by atoms with van der Waals surface area (Å²) in [4.78, 5) is 12.1. The summed E-state index contributed by atoms with van der Waals surface area (Å²) in [5.74, 6) is 1.70. The van der Waals surface area contributed by atoms with Gasteiger partial charge in [-0.3, -0.25) is 0 Å². The lowest BCUT2D eigenvalue weighted by atomic mass is 10.2. The van der Waals surface area contributed by atoms with E-state index in [1.807, 2.05) is 36.4 Å². The van der Waals surface area contributed by atoms with Crippen molar-refractivity contribution in [1.29, 1.82) is 0 Å². The number of carbonyl (C=O) groups excluding carboxylic acids is 1. The fourth-order valence-corrected chi connectivity index (χ4v) is 2.49. The highest BCUT2D eigenvalue weighted by atomic mass is 16.5. The van der Waals surface area contributed by atoms with Crippen molar-refractivity contribution in [2.75, 3.05) is 12.4 Å². The van der Waals surface area contributed by atoms with Crippen molar-refractivity contribution in [3.05, 3.63) is 78.4 Å². The maximum Gasteiger partial charge on any atom is 0.319 e. The van der Waals surface area contributed by atoms with Crippen molar-refractivity contribution >= 4 is 11.7 Å². The fraction of sp³-hybridized carbons (Fsp3) is 0.0952. The van der Waals surface area contributed by atoms with E-state index in [4.69, 9.17) is 9.47 Å². The summed E-state index contributed by atoms with van der Waals surface area (Å²) in [5.41, 5.74) is 1.15. The van der Waals surface area contributed by atoms with Gasteiger partial charge in [0.15, 0.2) is 11.5 Å². The molecule has 3 aromatic rings. The van der Waals surface area contributed by atoms with Gasteiger partial charge in [-0.2, -0.15) is 0 Å². The lowest BCUT2D eigenvalue weighted by Crippen LogP contribution is -2.28. The van der Waals surface area contributed by atoms with Gasteiger partial charge in [-0.25, -0.2) is 4.79 Å². The van der Waals surface area contributed by atoms with Crippen LogP contribution < -0.4 is 20.1 Å². The minimum absolute atomic E-state index is 0.0126. The minimum Gasteiger partial charge on any atom is -0.504 e. The number of rotatable bonds is 6. The number of para-hydroxylation sites is 2. The maximum absolute atomic E-state index is 12.1. The molecule has 6 heteroatoms. The Bertz CT molecular complexity index is 913. The van der Waals surface area contributed by atoms with Gasteiger partial charge in [-0.1, -0.05) is 36.4 Å². The molecule has 0 radical (unpaired) electrons. The van der Waals surface area contributed by atoms with Crippen LogP contribution in [0.15, 0.2) is 72.8 Å². The molecule has 2 amide bonds. The van der Waals surface area contributed by atoms with Crippen molar-refractivity contribution in [2.24, 2.45) is 0 Å². The van der Waals surface area contributed by atoms with Gasteiger partial charge in [-0.05, 0) is 30.3 Å². The molecule has 27 heavy (non-hydrogen) atoms. The molecule has 138 valence electrons. The number of ether oxygens (including phenoxy) is 2. The summed E-state index contributed by atoms with van der Waals surface area (Å²) in [6.45, 7) is 0.162. The van der Waals surface area contributed by atoms with Crippen molar-refractivity contribution < 1.29 is 19.4 Å². The van der Waals surface area contributed by atoms with Crippen LogP contribution in [0.2, 0.25) is 0 Å². The van der Waals surface area contributed by atoms with E-state index in [9.17, 15) is 9.90 Å². The van der Waals surface area contributed by atoms with Crippen LogP contribution in [0, 0.1) is 0 Å². The van der Waals surface area contributed by atoms with Gasteiger partial charge in [0.05, 0.1) is 7.11 Å². The molecule has 0 saturated heterocycles. The number of aromatic hydroxyl groups is 1. The van der Waals surface area contributed by atoms with Crippen LogP contribution in [-0.2, 0) is 6.54 Å². The molecule has 0 aliphatic carbocycles. The second kappa shape index (κ2) is 8.62. The Morgan fingerprint density at radius 1 is 0.963 bits per heavy atom. The molecule has 0 bridgehead atoms. The molecule has 3 N–H and O–H groups in total. The standard InChI is InChI=1S/C21H20N2O4/c1-26-19-12-5-7-15(20(19)24)14-22-21(25)23-16-8-6-11-18(13-16)27-17-9-3-2-4-10-17/h2-13,24H,14H2,1H3,(H2,22,23,25). The number of hydrogen-bond donors (Lipinski definition) is 3. The highest BCUT2D eigenvalue weighted by Gasteiger charge is 2.09. The van der Waals surface area contributed by atoms with Crippen LogP contribution in [0.5, 0.6) is 23.0 Å². The van der Waals surface area contributed by atoms with Crippen LogP contribution in [0.1, 0.15) is 5.56 Å². The summed E-state index contributed by atoms with van der Waals surface area (Å²) in [6, 6.07) is 21.2. The molecule has 0 spiro atoms. The van der Waals surface area contributed by atoms with Crippen LogP contribution in [0.25, 0.3) is 0 Å². The average Bonchev–Trinajstić information content (AvgIpc) is 2.68. The third-order valence-electron chi connectivity index (χ3n) is 3.81. The highest BCUT2D eigenvalue weighted by Crippen LogP contribution is 2.29. The number of methoxy groups -OCH3 is 1. The van der Waals surface area contributed by atoms with Crippen LogP contribution in [-0.4, -0.2) is 18.2 Å². The lowest BCUT2D eigenvalue weighted by molar-refractivity contribution is 0.251. The first kappa shape index (κ1) is 18.1. The number of amides is 2. The Morgan fingerprint density at radius 3 is 2.48 bits per heavy atom. The maximum atomic E-state index is 12.1. The first-order valence-corrected chi connectivity index (χ1v) is 8.38. The molecule has 3 rings (SSSR count). The molecule has 0 aromatic heterocycles. The highest BCUT2D eigenvalue weighted by molar-refractivity contribution is 5.89. The molecule has 0 fully saturated rings. The Kier molecular flexibility index (Phi) is 5.79.